The fourth-order valence-corrected chi connectivity index (χ4v) is 1.39. The lowest BCUT2D eigenvalue weighted by Gasteiger charge is -2.10. The van der Waals surface area contributed by atoms with Crippen LogP contribution in [0.5, 0.6) is 0 Å². The minimum absolute atomic E-state index is 0.236. The van der Waals surface area contributed by atoms with Crippen LogP contribution in [0.4, 0.5) is 0 Å². The lowest BCUT2D eigenvalue weighted by Crippen LogP contribution is -2.16. The second-order valence-electron chi connectivity index (χ2n) is 3.63. The topological polar surface area (TPSA) is 83.0 Å². The second kappa shape index (κ2) is 4.88. The zero-order chi connectivity index (χ0) is 11.4. The number of methoxy groups -OCH3 is 1. The molecule has 0 aliphatic heterocycles. The van der Waals surface area contributed by atoms with Gasteiger partial charge in [-0.05, 0) is 12.8 Å². The third-order valence-corrected chi connectivity index (χ3v) is 2.15. The molecule has 1 aromatic rings. The lowest BCUT2D eigenvalue weighted by molar-refractivity contribution is 0.0995. The first-order chi connectivity index (χ1) is 7.06. The van der Waals surface area contributed by atoms with Gasteiger partial charge in [-0.15, -0.1) is 5.10 Å². The standard InChI is InChI=1S/C9H16N4O2/c1-6(5-15-3)4-13-7(2)8(9(10)14)11-12-13/h6H,4-5H2,1-3H3,(H2,10,14). The van der Waals surface area contributed by atoms with Crippen molar-refractivity contribution in [1.82, 2.24) is 15.0 Å². The van der Waals surface area contributed by atoms with E-state index < -0.39 is 5.91 Å². The summed E-state index contributed by atoms with van der Waals surface area (Å²) in [5.41, 5.74) is 6.07. The van der Waals surface area contributed by atoms with Gasteiger partial charge in [0.2, 0.25) is 0 Å². The Morgan fingerprint density at radius 1 is 1.67 bits per heavy atom. The molecule has 84 valence electrons. The molecule has 0 aliphatic rings. The Morgan fingerprint density at radius 2 is 2.33 bits per heavy atom. The molecular weight excluding hydrogens is 196 g/mol. The van der Waals surface area contributed by atoms with Gasteiger partial charge in [0.1, 0.15) is 0 Å². The molecule has 1 amide bonds. The predicted molar refractivity (Wildman–Crippen MR) is 54.3 cm³/mol. The number of aromatic nitrogens is 3. The van der Waals surface area contributed by atoms with Crippen molar-refractivity contribution in [3.8, 4) is 0 Å². The molecule has 1 aromatic heterocycles. The minimum Gasteiger partial charge on any atom is -0.384 e. The van der Waals surface area contributed by atoms with Crippen LogP contribution in [-0.4, -0.2) is 34.6 Å². The summed E-state index contributed by atoms with van der Waals surface area (Å²) in [7, 11) is 1.65. The van der Waals surface area contributed by atoms with Crippen LogP contribution in [0, 0.1) is 12.8 Å². The summed E-state index contributed by atoms with van der Waals surface area (Å²) in [6.07, 6.45) is 0. The van der Waals surface area contributed by atoms with Crippen LogP contribution in [0.25, 0.3) is 0 Å². The summed E-state index contributed by atoms with van der Waals surface area (Å²) < 4.78 is 6.69. The number of hydrogen-bond donors (Lipinski definition) is 1. The highest BCUT2D eigenvalue weighted by Gasteiger charge is 2.14. The van der Waals surface area contributed by atoms with Crippen molar-refractivity contribution in [2.75, 3.05) is 13.7 Å². The first-order valence-electron chi connectivity index (χ1n) is 4.75. The van der Waals surface area contributed by atoms with Gasteiger partial charge in [0.05, 0.1) is 12.3 Å². The molecule has 1 rings (SSSR count). The van der Waals surface area contributed by atoms with E-state index in [2.05, 4.69) is 10.3 Å². The summed E-state index contributed by atoms with van der Waals surface area (Å²) in [4.78, 5) is 10.9. The van der Waals surface area contributed by atoms with Crippen molar-refractivity contribution in [3.05, 3.63) is 11.4 Å². The van der Waals surface area contributed by atoms with E-state index in [0.29, 0.717) is 24.8 Å². The average Bonchev–Trinajstić information content (AvgIpc) is 2.48. The molecule has 0 bridgehead atoms. The Morgan fingerprint density at radius 3 is 2.80 bits per heavy atom. The molecule has 0 aliphatic carbocycles. The summed E-state index contributed by atoms with van der Waals surface area (Å²) >= 11 is 0. The fourth-order valence-electron chi connectivity index (χ4n) is 1.39. The second-order valence-corrected chi connectivity index (χ2v) is 3.63. The summed E-state index contributed by atoms with van der Waals surface area (Å²) in [5, 5.41) is 7.60. The van der Waals surface area contributed by atoms with E-state index in [0.717, 1.165) is 0 Å². The Bertz CT molecular complexity index is 348. The summed E-state index contributed by atoms with van der Waals surface area (Å²) in [6, 6.07) is 0. The lowest BCUT2D eigenvalue weighted by atomic mass is 10.2. The maximum absolute atomic E-state index is 10.9. The highest BCUT2D eigenvalue weighted by Crippen LogP contribution is 2.06. The largest absolute Gasteiger partial charge is 0.384 e. The van der Waals surface area contributed by atoms with Crippen LogP contribution >= 0.6 is 0 Å². The maximum atomic E-state index is 10.9. The van der Waals surface area contributed by atoms with Crippen molar-refractivity contribution >= 4 is 5.91 Å². The van der Waals surface area contributed by atoms with Crippen LogP contribution in [0.2, 0.25) is 0 Å². The van der Waals surface area contributed by atoms with Gasteiger partial charge in [0.25, 0.3) is 5.91 Å². The van der Waals surface area contributed by atoms with Gasteiger partial charge in [-0.3, -0.25) is 4.79 Å². The van der Waals surface area contributed by atoms with E-state index in [9.17, 15) is 4.79 Å². The Hall–Kier alpha value is -1.43. The Balaban J connectivity index is 2.74. The normalized spacial score (nSPS) is 12.7. The number of carbonyl (C=O) groups is 1. The molecule has 0 saturated carbocycles. The first kappa shape index (κ1) is 11.6. The van der Waals surface area contributed by atoms with Gasteiger partial charge >= 0.3 is 0 Å². The number of carbonyl (C=O) groups excluding carboxylic acids is 1. The molecule has 15 heavy (non-hydrogen) atoms. The Kier molecular flexibility index (Phi) is 3.79. The molecule has 6 nitrogen and oxygen atoms in total. The molecule has 1 unspecified atom stereocenters. The molecule has 0 fully saturated rings. The minimum atomic E-state index is -0.543. The smallest absolute Gasteiger partial charge is 0.271 e. The first-order valence-corrected chi connectivity index (χ1v) is 4.75. The van der Waals surface area contributed by atoms with E-state index in [4.69, 9.17) is 10.5 Å². The SMILES string of the molecule is COCC(C)Cn1nnc(C(N)=O)c1C. The van der Waals surface area contributed by atoms with Gasteiger partial charge in [-0.25, -0.2) is 4.68 Å². The van der Waals surface area contributed by atoms with Crippen molar-refractivity contribution in [2.45, 2.75) is 20.4 Å². The van der Waals surface area contributed by atoms with Crippen molar-refractivity contribution in [1.29, 1.82) is 0 Å². The molecule has 0 radical (unpaired) electrons. The number of hydrogen-bond acceptors (Lipinski definition) is 4. The zero-order valence-corrected chi connectivity index (χ0v) is 9.23. The van der Waals surface area contributed by atoms with E-state index in [1.165, 1.54) is 0 Å². The number of nitrogens with two attached hydrogens (primary N) is 1. The number of primary amides is 1. The van der Waals surface area contributed by atoms with Crippen LogP contribution in [-0.2, 0) is 11.3 Å². The van der Waals surface area contributed by atoms with Crippen molar-refractivity contribution in [2.24, 2.45) is 11.7 Å². The number of nitrogens with zero attached hydrogens (tertiary/aromatic N) is 3. The van der Waals surface area contributed by atoms with Crippen LogP contribution in [0.15, 0.2) is 0 Å². The van der Waals surface area contributed by atoms with Gasteiger partial charge < -0.3 is 10.5 Å². The Labute approximate surface area is 88.4 Å². The number of rotatable bonds is 5. The van der Waals surface area contributed by atoms with E-state index >= 15 is 0 Å². The third kappa shape index (κ3) is 2.76. The number of ether oxygens (including phenoxy) is 1. The molecule has 1 atom stereocenters. The maximum Gasteiger partial charge on any atom is 0.271 e. The highest BCUT2D eigenvalue weighted by atomic mass is 16.5. The van der Waals surface area contributed by atoms with Gasteiger partial charge in [0, 0.05) is 13.7 Å². The molecule has 1 heterocycles. The molecule has 2 N–H and O–H groups in total. The summed E-state index contributed by atoms with van der Waals surface area (Å²) in [6.45, 7) is 5.12. The van der Waals surface area contributed by atoms with E-state index in [-0.39, 0.29) is 5.69 Å². The van der Waals surface area contributed by atoms with E-state index in [1.54, 1.807) is 18.7 Å². The molecule has 0 saturated heterocycles. The molecule has 0 spiro atoms. The van der Waals surface area contributed by atoms with E-state index in [1.807, 2.05) is 6.92 Å². The van der Waals surface area contributed by atoms with Crippen LogP contribution in [0.3, 0.4) is 0 Å². The quantitative estimate of drug-likeness (QED) is 0.742. The van der Waals surface area contributed by atoms with Gasteiger partial charge in [0.15, 0.2) is 5.69 Å². The predicted octanol–water partition coefficient (Wildman–Crippen LogP) is -0.0321. The molecule has 6 heteroatoms. The third-order valence-electron chi connectivity index (χ3n) is 2.15. The average molecular weight is 212 g/mol. The van der Waals surface area contributed by atoms with Crippen LogP contribution < -0.4 is 5.73 Å². The highest BCUT2D eigenvalue weighted by molar-refractivity contribution is 5.91. The monoisotopic (exact) mass is 212 g/mol. The van der Waals surface area contributed by atoms with Crippen molar-refractivity contribution < 1.29 is 9.53 Å². The zero-order valence-electron chi connectivity index (χ0n) is 9.23. The molecule has 0 aromatic carbocycles. The van der Waals surface area contributed by atoms with Gasteiger partial charge in [-0.1, -0.05) is 12.1 Å². The van der Waals surface area contributed by atoms with Crippen LogP contribution in [0.1, 0.15) is 23.1 Å². The fraction of sp³-hybridized carbons (Fsp3) is 0.667. The van der Waals surface area contributed by atoms with Gasteiger partial charge in [-0.2, -0.15) is 0 Å². The summed E-state index contributed by atoms with van der Waals surface area (Å²) in [5.74, 6) is -0.228. The van der Waals surface area contributed by atoms with Crippen molar-refractivity contribution in [3.63, 3.8) is 0 Å². The number of amides is 1. The molecular formula is C9H16N4O2.